The summed E-state index contributed by atoms with van der Waals surface area (Å²) in [6.07, 6.45) is 2.96. The van der Waals surface area contributed by atoms with Crippen LogP contribution in [0.2, 0.25) is 5.02 Å². The van der Waals surface area contributed by atoms with Gasteiger partial charge in [-0.1, -0.05) is 11.6 Å². The molecule has 1 atom stereocenters. The Bertz CT molecular complexity index is 1830. The molecule has 4 aromatic rings. The Hall–Kier alpha value is -4.63. The number of aromatic nitrogens is 4. The number of nitrogens with two attached hydrogens (primary N) is 1. The summed E-state index contributed by atoms with van der Waals surface area (Å²) in [5, 5.41) is 11.7. The first-order chi connectivity index (χ1) is 19.9. The predicted octanol–water partition coefficient (Wildman–Crippen LogP) is 2.54. The number of halogens is 4. The molecule has 2 amide bonds. The number of ether oxygens (including phenoxy) is 1. The molecule has 4 heterocycles. The Labute approximate surface area is 240 Å². The summed E-state index contributed by atoms with van der Waals surface area (Å²) >= 11 is 6.08. The molecule has 1 aromatic carbocycles. The third-order valence-electron chi connectivity index (χ3n) is 6.97. The van der Waals surface area contributed by atoms with Gasteiger partial charge in [0.25, 0.3) is 11.5 Å². The van der Waals surface area contributed by atoms with E-state index in [2.05, 4.69) is 15.3 Å². The number of phenols is 1. The van der Waals surface area contributed by atoms with E-state index in [1.165, 1.54) is 17.7 Å². The number of carbonyl (C=O) groups is 2. The highest BCUT2D eigenvalue weighted by Crippen LogP contribution is 2.36. The van der Waals surface area contributed by atoms with Crippen molar-refractivity contribution in [1.82, 2.24) is 19.1 Å². The maximum Gasteiger partial charge on any atom is 0.263 e. The van der Waals surface area contributed by atoms with Crippen molar-refractivity contribution in [2.24, 2.45) is 12.8 Å². The van der Waals surface area contributed by atoms with Crippen molar-refractivity contribution in [2.45, 2.75) is 19.1 Å². The number of carbonyl (C=O) groups excluding carboxylic acids is 2. The summed E-state index contributed by atoms with van der Waals surface area (Å²) in [7, 11) is 2.94. The molecule has 1 aliphatic rings. The van der Waals surface area contributed by atoms with Gasteiger partial charge in [0.2, 0.25) is 17.7 Å². The number of rotatable bonds is 7. The number of fused-ring (bicyclic) bond motifs is 1. The topological polar surface area (TPSA) is 158 Å². The number of pyridine rings is 1. The number of aromatic hydroxyl groups is 1. The van der Waals surface area contributed by atoms with E-state index in [0.717, 1.165) is 23.2 Å². The fourth-order valence-corrected chi connectivity index (χ4v) is 4.95. The van der Waals surface area contributed by atoms with E-state index in [1.54, 1.807) is 12.0 Å². The Kier molecular flexibility index (Phi) is 7.55. The van der Waals surface area contributed by atoms with Gasteiger partial charge in [-0.15, -0.1) is 0 Å². The van der Waals surface area contributed by atoms with Crippen LogP contribution < -0.4 is 21.5 Å². The van der Waals surface area contributed by atoms with E-state index >= 15 is 4.39 Å². The summed E-state index contributed by atoms with van der Waals surface area (Å²) in [6, 6.07) is 2.21. The van der Waals surface area contributed by atoms with E-state index < -0.39 is 63.4 Å². The van der Waals surface area contributed by atoms with E-state index in [0.29, 0.717) is 19.5 Å². The Morgan fingerprint density at radius 3 is 2.64 bits per heavy atom. The maximum absolute atomic E-state index is 15.0. The first kappa shape index (κ1) is 28.9. The number of aryl methyl sites for hydroxylation is 1. The molecule has 0 saturated carbocycles. The number of amides is 2. The van der Waals surface area contributed by atoms with Gasteiger partial charge in [0.1, 0.15) is 23.0 Å². The molecule has 0 aliphatic carbocycles. The summed E-state index contributed by atoms with van der Waals surface area (Å²) in [6.45, 7) is 0.486. The van der Waals surface area contributed by atoms with Gasteiger partial charge in [-0.3, -0.25) is 14.4 Å². The van der Waals surface area contributed by atoms with Crippen LogP contribution in [-0.2, 0) is 23.1 Å². The van der Waals surface area contributed by atoms with Crippen molar-refractivity contribution in [3.63, 3.8) is 0 Å². The quantitative estimate of drug-likeness (QED) is 0.271. The third kappa shape index (κ3) is 5.00. The maximum atomic E-state index is 15.0. The largest absolute Gasteiger partial charge is 0.504 e. The van der Waals surface area contributed by atoms with Gasteiger partial charge < -0.3 is 34.9 Å². The molecule has 0 spiro atoms. The van der Waals surface area contributed by atoms with Crippen LogP contribution in [0.3, 0.4) is 0 Å². The van der Waals surface area contributed by atoms with Gasteiger partial charge in [0.15, 0.2) is 11.6 Å². The average molecular weight is 606 g/mol. The second-order valence-electron chi connectivity index (χ2n) is 9.62. The van der Waals surface area contributed by atoms with Crippen molar-refractivity contribution >= 4 is 46.0 Å². The minimum atomic E-state index is -1.75. The third-order valence-corrected chi connectivity index (χ3v) is 7.33. The number of hydrogen-bond acceptors (Lipinski definition) is 8. The SMILES string of the molecule is CO[C@H]1CCN(c2cc(NC(=O)Cn3cc(-c4cc(C(N)=O)c(O)c(F)c4F)c4c(=O)n(C)cnc43)c(Cl)c(F)n2)C1. The monoisotopic (exact) mass is 605 g/mol. The van der Waals surface area contributed by atoms with Crippen molar-refractivity contribution < 1.29 is 32.6 Å². The normalized spacial score (nSPS) is 15.0. The zero-order chi connectivity index (χ0) is 30.5. The van der Waals surface area contributed by atoms with Crippen molar-refractivity contribution in [3.8, 4) is 16.9 Å². The van der Waals surface area contributed by atoms with Crippen LogP contribution >= 0.6 is 11.6 Å². The van der Waals surface area contributed by atoms with Crippen LogP contribution in [0.4, 0.5) is 24.7 Å². The van der Waals surface area contributed by atoms with Gasteiger partial charge >= 0.3 is 0 Å². The molecule has 0 unspecified atom stereocenters. The minimum Gasteiger partial charge on any atom is -0.504 e. The molecular weight excluding hydrogens is 583 g/mol. The van der Waals surface area contributed by atoms with E-state index in [9.17, 15) is 28.3 Å². The highest BCUT2D eigenvalue weighted by molar-refractivity contribution is 6.33. The highest BCUT2D eigenvalue weighted by atomic mass is 35.5. The van der Waals surface area contributed by atoms with Gasteiger partial charge in [-0.05, 0) is 12.5 Å². The number of hydrogen-bond donors (Lipinski definition) is 3. The van der Waals surface area contributed by atoms with Crippen LogP contribution in [-0.4, -0.2) is 62.3 Å². The lowest BCUT2D eigenvalue weighted by molar-refractivity contribution is -0.116. The van der Waals surface area contributed by atoms with Gasteiger partial charge in [0, 0.05) is 50.6 Å². The predicted molar refractivity (Wildman–Crippen MR) is 146 cm³/mol. The number of methoxy groups -OCH3 is 1. The lowest BCUT2D eigenvalue weighted by Gasteiger charge is -2.19. The van der Waals surface area contributed by atoms with E-state index in [4.69, 9.17) is 22.1 Å². The smallest absolute Gasteiger partial charge is 0.263 e. The molecule has 0 radical (unpaired) electrons. The van der Waals surface area contributed by atoms with Crippen molar-refractivity contribution in [1.29, 1.82) is 0 Å². The Morgan fingerprint density at radius 1 is 1.24 bits per heavy atom. The molecule has 220 valence electrons. The summed E-state index contributed by atoms with van der Waals surface area (Å²) in [5.74, 6) is -7.33. The van der Waals surface area contributed by atoms with Gasteiger partial charge in [-0.25, -0.2) is 14.4 Å². The second kappa shape index (κ2) is 11.0. The number of nitrogens with zero attached hydrogens (tertiary/aromatic N) is 5. The minimum absolute atomic E-state index is 0.0639. The van der Waals surface area contributed by atoms with E-state index in [-0.39, 0.29) is 34.2 Å². The first-order valence-electron chi connectivity index (χ1n) is 12.4. The molecule has 1 fully saturated rings. The fourth-order valence-electron chi connectivity index (χ4n) is 4.80. The van der Waals surface area contributed by atoms with Crippen LogP contribution in [0.25, 0.3) is 22.2 Å². The molecule has 3 aromatic heterocycles. The first-order valence-corrected chi connectivity index (χ1v) is 12.8. The zero-order valence-corrected chi connectivity index (χ0v) is 22.9. The molecule has 5 rings (SSSR count). The lowest BCUT2D eigenvalue weighted by Crippen LogP contribution is -2.24. The average Bonchev–Trinajstić information content (AvgIpc) is 3.57. The molecule has 1 aliphatic heterocycles. The standard InChI is InChI=1S/C26H23ClF3N7O5/c1-35-10-32-25-18(26(35)41)14(12-5-13(24(31)40)22(39)21(29)20(12)28)8-37(25)9-17(38)33-15-6-16(34-23(30)19(15)27)36-4-3-11(7-36)42-2/h5-6,8,10-11,39H,3-4,7,9H2,1-2H3,(H2,31,40)(H,33,34,38)/t11-/m0/s1. The van der Waals surface area contributed by atoms with Crippen molar-refractivity contribution in [3.05, 3.63) is 63.2 Å². The summed E-state index contributed by atoms with van der Waals surface area (Å²) < 4.78 is 51.8. The summed E-state index contributed by atoms with van der Waals surface area (Å²) in [4.78, 5) is 47.7. The highest BCUT2D eigenvalue weighted by Gasteiger charge is 2.27. The van der Waals surface area contributed by atoms with Crippen LogP contribution in [0.5, 0.6) is 5.75 Å². The Morgan fingerprint density at radius 2 is 1.98 bits per heavy atom. The van der Waals surface area contributed by atoms with E-state index in [1.807, 2.05) is 0 Å². The summed E-state index contributed by atoms with van der Waals surface area (Å²) in [5.41, 5.74) is 2.87. The number of nitrogens with one attached hydrogen (secondary N) is 1. The molecule has 42 heavy (non-hydrogen) atoms. The molecule has 1 saturated heterocycles. The van der Waals surface area contributed by atoms with Gasteiger partial charge in [0.05, 0.1) is 29.1 Å². The number of benzene rings is 1. The van der Waals surface area contributed by atoms with Crippen LogP contribution in [0.1, 0.15) is 16.8 Å². The van der Waals surface area contributed by atoms with Crippen LogP contribution in [0.15, 0.2) is 29.5 Å². The molecule has 12 nitrogen and oxygen atoms in total. The van der Waals surface area contributed by atoms with Gasteiger partial charge in [-0.2, -0.15) is 8.78 Å². The molecule has 0 bridgehead atoms. The molecule has 4 N–H and O–H groups in total. The van der Waals surface area contributed by atoms with Crippen LogP contribution in [0, 0.1) is 17.6 Å². The lowest BCUT2D eigenvalue weighted by atomic mass is 10.0. The Balaban J connectivity index is 1.53. The fraction of sp³-hybridized carbons (Fsp3) is 0.269. The number of anilines is 2. The molecular formula is C26H23ClF3N7O5. The van der Waals surface area contributed by atoms with Crippen molar-refractivity contribution in [2.75, 3.05) is 30.4 Å². The number of primary amides is 1. The molecule has 16 heteroatoms. The zero-order valence-electron chi connectivity index (χ0n) is 22.1. The second-order valence-corrected chi connectivity index (χ2v) is 9.99.